The second kappa shape index (κ2) is 62.7. The third-order valence-electron chi connectivity index (χ3n) is 17.2. The molecule has 133 heavy (non-hydrogen) atoms. The first-order valence-corrected chi connectivity index (χ1v) is 50.2. The van der Waals surface area contributed by atoms with Crippen molar-refractivity contribution in [2.45, 2.75) is 83.1 Å². The first-order valence-electron chi connectivity index (χ1n) is 38.2. The summed E-state index contributed by atoms with van der Waals surface area (Å²) >= 11 is 72.8. The number of aliphatic hydroxyl groups is 1. The molecule has 15 rings (SSSR count). The molecule has 0 aliphatic carbocycles. The van der Waals surface area contributed by atoms with Crippen molar-refractivity contribution < 1.29 is 50.6 Å². The number of nitrogens with one attached hydrogen (secondary N) is 4. The summed E-state index contributed by atoms with van der Waals surface area (Å²) in [7, 11) is 6.76. The quantitative estimate of drug-likeness (QED) is 0.00663. The molecule has 8 heterocycles. The number of nitrogen functional groups attached to an aromatic ring is 3. The van der Waals surface area contributed by atoms with Crippen molar-refractivity contribution in [1.29, 1.82) is 15.8 Å². The first-order chi connectivity index (χ1) is 61.9. The number of hydrogen-bond donors (Lipinski definition) is 9. The van der Waals surface area contributed by atoms with E-state index >= 15 is 0 Å². The number of carbonyl (C=O) groups is 3. The van der Waals surface area contributed by atoms with Crippen molar-refractivity contribution in [1.82, 2.24) is 79.3 Å². The Bertz CT molecular complexity index is 6220. The van der Waals surface area contributed by atoms with Gasteiger partial charge in [-0.25, -0.2) is 45.1 Å². The molecule has 2 saturated heterocycles. The number of nitrogens with two attached hydrogens (primary N) is 4. The van der Waals surface area contributed by atoms with E-state index < -0.39 is 16.7 Å². The molecule has 0 unspecified atom stereocenters. The van der Waals surface area contributed by atoms with Crippen LogP contribution in [0.15, 0.2) is 95.8 Å². The second-order valence-electron chi connectivity index (χ2n) is 27.4. The minimum Gasteiger partial charge on any atom is -0.512 e. The molecule has 2 aliphatic rings. The number of anilines is 5. The summed E-state index contributed by atoms with van der Waals surface area (Å²) in [4.78, 5) is 73.7. The van der Waals surface area contributed by atoms with Gasteiger partial charge >= 0.3 is 39.5 Å². The van der Waals surface area contributed by atoms with E-state index in [2.05, 4.69) is 208 Å². The predicted molar refractivity (Wildman–Crippen MR) is 564 cm³/mol. The van der Waals surface area contributed by atoms with Gasteiger partial charge in [0.25, 0.3) is 0 Å². The number of rotatable bonds is 2. The average molecular weight is 2470 g/mol. The zero-order valence-corrected chi connectivity index (χ0v) is 91.7. The van der Waals surface area contributed by atoms with Crippen LogP contribution < -0.4 is 49.7 Å². The Hall–Kier alpha value is -7.13. The van der Waals surface area contributed by atoms with Crippen molar-refractivity contribution >= 4 is 307 Å². The van der Waals surface area contributed by atoms with Gasteiger partial charge in [-0.2, -0.15) is 24.1 Å². The van der Waals surface area contributed by atoms with Crippen LogP contribution in [-0.4, -0.2) is 181 Å². The molecular formula is C83H96Cl12CuI3N25O8P. The van der Waals surface area contributed by atoms with Crippen molar-refractivity contribution in [3.63, 3.8) is 0 Å². The number of nitrogens with zero attached hydrogens (tertiary/aromatic N) is 17. The number of aryl methyl sites for hydroxylation is 10. The third-order valence-corrected chi connectivity index (χ3v) is 21.4. The summed E-state index contributed by atoms with van der Waals surface area (Å²) in [6.45, 7) is 35.5. The number of hydrazine groups is 1. The van der Waals surface area contributed by atoms with Gasteiger partial charge < -0.3 is 68.6 Å². The Balaban J connectivity index is 0.000000747. The molecule has 50 heteroatoms. The zero-order valence-electron chi connectivity index (χ0n) is 74.4. The molecule has 0 bridgehead atoms. The molecule has 13 N–H and O–H groups in total. The van der Waals surface area contributed by atoms with Gasteiger partial charge in [-0.1, -0.05) is 132 Å². The molecule has 2 fully saturated rings. The molecule has 33 nitrogen and oxygen atoms in total. The van der Waals surface area contributed by atoms with Crippen LogP contribution in [0.5, 0.6) is 0 Å². The van der Waals surface area contributed by atoms with E-state index in [1.54, 1.807) is 63.2 Å². The molecule has 722 valence electrons. The number of halogens is 15. The summed E-state index contributed by atoms with van der Waals surface area (Å²) in [5, 5.41) is 54.1. The number of alkyl halides is 2. The van der Waals surface area contributed by atoms with Gasteiger partial charge in [-0.15, -0.1) is 15.3 Å². The number of methoxy groups -OCH3 is 2. The molecule has 7 aromatic carbocycles. The van der Waals surface area contributed by atoms with Crippen LogP contribution in [0.1, 0.15) is 81.4 Å². The smallest absolute Gasteiger partial charge is 0.512 e. The summed E-state index contributed by atoms with van der Waals surface area (Å²) in [6.07, 6.45) is -0.633. The second-order valence-corrected chi connectivity index (χ2v) is 43.1. The molecule has 0 saturated carbocycles. The number of benzene rings is 7. The van der Waals surface area contributed by atoms with Crippen LogP contribution in [0.4, 0.5) is 38.3 Å². The fraction of sp³-hybridized carbons (Fsp3) is 0.313. The number of aliphatic hydroxyl groups excluding tert-OH is 1. The Morgan fingerprint density at radius 2 is 0.940 bits per heavy atom. The molecule has 0 radical (unpaired) electrons. The number of carbonyl (C=O) groups excluding carboxylic acids is 3. The Kier molecular flexibility index (Phi) is 58.4. The third kappa shape index (κ3) is 42.8. The van der Waals surface area contributed by atoms with Crippen molar-refractivity contribution in [2.75, 3.05) is 117 Å². The summed E-state index contributed by atoms with van der Waals surface area (Å²) < 4.78 is 24.7. The minimum atomic E-state index is -3.22. The van der Waals surface area contributed by atoms with E-state index in [-0.39, 0.29) is 40.6 Å². The number of H-pyrrole nitrogens is 1. The van der Waals surface area contributed by atoms with Crippen molar-refractivity contribution in [3.8, 4) is 12.1 Å². The van der Waals surface area contributed by atoms with E-state index in [0.717, 1.165) is 147 Å². The normalized spacial score (nSPS) is 11.6. The van der Waals surface area contributed by atoms with Crippen LogP contribution in [0.25, 0.3) is 49.7 Å². The van der Waals surface area contributed by atoms with Gasteiger partial charge in [0.1, 0.15) is 29.6 Å². The SMILES string of the molecule is CC(=O)NN.CCO.CN1CCNCC1.COC(=O)Cl.COC(=O)Nc1cc(Cl)c(C)cc1C#N.Cc1cc(C#N)c(N)cc1Cl.Cc1cc(I)c(N)cc1Cl.Cc1ccc(N)cc1Cl.Cc1nc2c3cc(C)c(Cl)cc3[nH]c(=O)n2n1.Cc1nc2c3cc(C)c(Cl)cc3nc(Cl)n2n1.Cc1nc2c3cc(C)c(Cl)cc3nc(N3CCN(C)CC3)n2n1.ICI.O=P(Cl)(Cl)Cl.[C-]#N.[Cu+]. The number of hydrogen-bond acceptors (Lipinski definition) is 27. The fourth-order valence-corrected chi connectivity index (χ4v) is 12.6. The van der Waals surface area contributed by atoms with Crippen molar-refractivity contribution in [2.24, 2.45) is 5.84 Å². The number of aromatic amines is 1. The number of likely N-dealkylation sites (N-methyl/N-ethyl adjacent to an activating group) is 2. The van der Waals surface area contributed by atoms with Gasteiger partial charge in [0.05, 0.1) is 55.7 Å². The largest absolute Gasteiger partial charge is 1.00 e. The Morgan fingerprint density at radius 3 is 1.36 bits per heavy atom. The predicted octanol–water partition coefficient (Wildman–Crippen LogP) is 21.4. The van der Waals surface area contributed by atoms with E-state index in [1.807, 2.05) is 120 Å². The van der Waals surface area contributed by atoms with Gasteiger partial charge in [-0.3, -0.25) is 20.1 Å². The maximum absolute atomic E-state index is 11.8. The number of aromatic nitrogens is 12. The van der Waals surface area contributed by atoms with Gasteiger partial charge in [0.2, 0.25) is 17.1 Å². The fourth-order valence-electron chi connectivity index (χ4n) is 10.6. The Morgan fingerprint density at radius 1 is 0.564 bits per heavy atom. The maximum atomic E-state index is 11.8. The van der Waals surface area contributed by atoms with E-state index in [0.29, 0.717) is 76.7 Å². The van der Waals surface area contributed by atoms with Crippen LogP contribution >= 0.6 is 211 Å². The average Bonchev–Trinajstić information content (AvgIpc) is 1.65. The molecule has 0 atom stereocenters. The van der Waals surface area contributed by atoms with E-state index in [1.165, 1.54) is 51.8 Å². The molecular weight excluding hydrogens is 2380 g/mol. The number of amides is 2. The summed E-state index contributed by atoms with van der Waals surface area (Å²) in [6, 6.07) is 30.9. The molecule has 0 spiro atoms. The van der Waals surface area contributed by atoms with Gasteiger partial charge in [0.15, 0.2) is 16.9 Å². The van der Waals surface area contributed by atoms with Crippen LogP contribution in [-0.2, 0) is 35.9 Å². The van der Waals surface area contributed by atoms with Gasteiger partial charge in [0, 0.05) is 144 Å². The molecule has 2 aliphatic heterocycles. The molecule has 13 aromatic rings. The van der Waals surface area contributed by atoms with E-state index in [4.69, 9.17) is 142 Å². The monoisotopic (exact) mass is 2470 g/mol. The van der Waals surface area contributed by atoms with Crippen LogP contribution in [0, 0.1) is 107 Å². The van der Waals surface area contributed by atoms with Crippen LogP contribution in [0.3, 0.4) is 0 Å². The topological polar surface area (TPSA) is 477 Å². The van der Waals surface area contributed by atoms with Crippen molar-refractivity contribution in [3.05, 3.63) is 220 Å². The standard InChI is InChI=1S/C16H19ClN6.C11H8Cl2N4.C11H9ClN4O.C10H9ClN2O2.C8H7ClN2.C7H7ClIN.C7H8ClN.C5H12N2.C2H3ClO2.C2H6N2O.C2H6O.CH2I2.CN.Cl3OP.Cu/c1-10-8-12-14(9-13(10)17)19-16(22-6-4-21(3)5-7-22)23-15(12)18-11(2)20-23;1-5-3-7-9(4-8(5)12)15-11(13)17-10(7)14-6(2)16-17;1-5-3-7-9(4-8(5)12)14-11(17)16-10(7)13-6(2)15-16;1-6-3-7(5-12)9(4-8(6)11)13-10(14)15-2;1-5-2-6(4-10)8(11)3-7(5)9;1-4-2-6(9)7(10)3-5(4)8;1-5-2-3-6(9)4-7(5)8;1-7-4-2-6-3-5-7;1-5-2(3)4;1-2(5)4-3;1-2-3;2-1-3;1-2;1-5(2,3)4;/h8-9H,4-7H2,1-3H3;3-4H,1-2H3;3-4H,1-2H3,(H,14,17);3-4H,1-2H3,(H,13,14);2-3H,11H2,1H3;2-3H,10H2,1H3;2-4H,9H2,1H3;6H,2-5H2,1H3;1H3;3H2,1H3,(H,4,5);3H,2H2,1H3;1H2;;;/q;;;;;;;;;;;;-1;;+1. The summed E-state index contributed by atoms with van der Waals surface area (Å²) in [5.41, 5.74) is 31.5. The molecule has 2 amide bonds. The zero-order chi connectivity index (χ0) is 100. The maximum Gasteiger partial charge on any atom is 1.00 e. The first kappa shape index (κ1) is 124. The van der Waals surface area contributed by atoms with E-state index in [9.17, 15) is 23.7 Å². The van der Waals surface area contributed by atoms with Gasteiger partial charge in [-0.05, 0) is 282 Å². The van der Waals surface area contributed by atoms with Crippen LogP contribution in [0.2, 0.25) is 40.4 Å². The minimum absolute atomic E-state index is 0. The summed E-state index contributed by atoms with van der Waals surface area (Å²) in [5.74, 6) is 7.18. The number of piperazine rings is 2. The number of fused-ring (bicyclic) bond motifs is 9. The number of ether oxygens (including phenoxy) is 2. The Labute approximate surface area is 881 Å². The number of nitriles is 2. The molecule has 6 aromatic heterocycles.